The first-order valence-electron chi connectivity index (χ1n) is 28.6. The number of rotatable bonds is 11. The van der Waals surface area contributed by atoms with Crippen LogP contribution in [0.25, 0.3) is 65.4 Å². The third kappa shape index (κ3) is 7.74. The highest BCUT2D eigenvalue weighted by Crippen LogP contribution is 2.55. The number of hydrogen-bond donors (Lipinski definition) is 0. The Bertz CT molecular complexity index is 4020. The Morgan fingerprint density at radius 1 is 0.434 bits per heavy atom. The van der Waals surface area contributed by atoms with Crippen LogP contribution < -0.4 is 9.80 Å². The zero-order chi connectivity index (χ0) is 52.1. The molecule has 0 spiro atoms. The normalized spacial score (nSPS) is 14.9. The maximum atomic E-state index is 7.00. The van der Waals surface area contributed by atoms with Gasteiger partial charge < -0.3 is 14.2 Å². The summed E-state index contributed by atoms with van der Waals surface area (Å²) in [6, 6.07) is 56.6. The summed E-state index contributed by atoms with van der Waals surface area (Å²) >= 11 is 0. The molecule has 0 N–H and O–H groups in total. The second-order valence-corrected chi connectivity index (χ2v) is 23.2. The number of furan rings is 1. The molecular weight excluding hydrogens is 921 g/mol. The molecule has 2 aliphatic carbocycles. The predicted molar refractivity (Wildman–Crippen MR) is 327 cm³/mol. The van der Waals surface area contributed by atoms with Gasteiger partial charge in [0, 0.05) is 32.9 Å². The van der Waals surface area contributed by atoms with Crippen LogP contribution in [0, 0.1) is 48.5 Å². The molecule has 380 valence electrons. The molecule has 10 aromatic carbocycles. The number of aryl methyl sites for hydroxylation is 5. The fourth-order valence-electron chi connectivity index (χ4n) is 14.1. The topological polar surface area (TPSA) is 19.6 Å². The lowest BCUT2D eigenvalue weighted by atomic mass is 9.82. The summed E-state index contributed by atoms with van der Waals surface area (Å²) in [6.45, 7) is 20.8. The average Bonchev–Trinajstić information content (AvgIpc) is 4.36. The summed E-state index contributed by atoms with van der Waals surface area (Å²) < 4.78 is 7.00. The molecule has 0 amide bonds. The highest BCUT2D eigenvalue weighted by Gasteiger charge is 2.32. The molecule has 0 bridgehead atoms. The zero-order valence-electron chi connectivity index (χ0n) is 46.3. The van der Waals surface area contributed by atoms with E-state index >= 15 is 0 Å². The van der Waals surface area contributed by atoms with E-state index in [1.165, 1.54) is 173 Å². The van der Waals surface area contributed by atoms with Crippen molar-refractivity contribution < 1.29 is 4.42 Å². The molecule has 2 aliphatic rings. The summed E-state index contributed by atoms with van der Waals surface area (Å²) in [5.41, 5.74) is 25.3. The number of hydrogen-bond acceptors (Lipinski definition) is 3. The first-order chi connectivity index (χ1) is 37.0. The SMILES string of the molecule is CCC(C)c1c(-c2ccccc2C)cccc1N(c1cc(C)c(C)c(C)c1)c1cc(C2CCCC2)c2ccc3c(N(c4cc(C)c(C)c(C)c4)c4cccc5c4oc4ccccc45)cc(C4CCCC4)c4ccc1c2c43. The molecule has 0 aliphatic heterocycles. The number of fused-ring (bicyclic) bond motifs is 3. The summed E-state index contributed by atoms with van der Waals surface area (Å²) in [5, 5.41) is 10.5. The monoisotopic (exact) mass is 993 g/mol. The Morgan fingerprint density at radius 3 is 1.45 bits per heavy atom. The Hall–Kier alpha value is -7.36. The van der Waals surface area contributed by atoms with Crippen LogP contribution in [-0.4, -0.2) is 0 Å². The van der Waals surface area contributed by atoms with E-state index < -0.39 is 0 Å². The number of nitrogens with zero attached hydrogens (tertiary/aromatic N) is 2. The van der Waals surface area contributed by atoms with Gasteiger partial charge in [-0.3, -0.25) is 0 Å². The van der Waals surface area contributed by atoms with Crippen LogP contribution in [0.1, 0.15) is 145 Å². The molecule has 76 heavy (non-hydrogen) atoms. The minimum absolute atomic E-state index is 0.308. The maximum Gasteiger partial charge on any atom is 0.159 e. The number of para-hydroxylation sites is 2. The maximum absolute atomic E-state index is 7.00. The fraction of sp³-hybridized carbons (Fsp3) is 0.288. The van der Waals surface area contributed by atoms with E-state index in [9.17, 15) is 0 Å². The van der Waals surface area contributed by atoms with Crippen molar-refractivity contribution in [3.05, 3.63) is 201 Å². The summed E-state index contributed by atoms with van der Waals surface area (Å²) in [4.78, 5) is 5.28. The van der Waals surface area contributed by atoms with Gasteiger partial charge >= 0.3 is 0 Å². The molecule has 13 rings (SSSR count). The van der Waals surface area contributed by atoms with Gasteiger partial charge in [0.1, 0.15) is 5.58 Å². The van der Waals surface area contributed by atoms with Crippen molar-refractivity contribution >= 4 is 88.4 Å². The van der Waals surface area contributed by atoms with Gasteiger partial charge in [0.25, 0.3) is 0 Å². The predicted octanol–water partition coefficient (Wildman–Crippen LogP) is 22.1. The second-order valence-electron chi connectivity index (χ2n) is 23.2. The molecule has 0 saturated heterocycles. The van der Waals surface area contributed by atoms with Crippen LogP contribution in [0.4, 0.5) is 34.1 Å². The lowest BCUT2D eigenvalue weighted by molar-refractivity contribution is 0.669. The van der Waals surface area contributed by atoms with Crippen LogP contribution in [0.15, 0.2) is 150 Å². The average molecular weight is 993 g/mol. The molecule has 0 radical (unpaired) electrons. The molecule has 11 aromatic rings. The van der Waals surface area contributed by atoms with Gasteiger partial charge in [-0.05, 0) is 241 Å². The van der Waals surface area contributed by atoms with Crippen molar-refractivity contribution in [2.45, 2.75) is 138 Å². The third-order valence-electron chi connectivity index (χ3n) is 18.8. The van der Waals surface area contributed by atoms with Crippen LogP contribution in [-0.2, 0) is 0 Å². The summed E-state index contributed by atoms with van der Waals surface area (Å²) in [6.07, 6.45) is 10.9. The van der Waals surface area contributed by atoms with E-state index in [0.29, 0.717) is 17.8 Å². The minimum atomic E-state index is 0.308. The van der Waals surface area contributed by atoms with E-state index in [4.69, 9.17) is 4.42 Å². The zero-order valence-corrected chi connectivity index (χ0v) is 46.3. The van der Waals surface area contributed by atoms with Gasteiger partial charge in [-0.2, -0.15) is 0 Å². The van der Waals surface area contributed by atoms with Gasteiger partial charge in [-0.1, -0.05) is 131 Å². The Balaban J connectivity index is 1.18. The molecule has 2 fully saturated rings. The van der Waals surface area contributed by atoms with E-state index in [1.807, 2.05) is 0 Å². The van der Waals surface area contributed by atoms with Gasteiger partial charge in [-0.15, -0.1) is 0 Å². The lowest BCUT2D eigenvalue weighted by Gasteiger charge is -2.34. The molecule has 1 atom stereocenters. The molecule has 3 nitrogen and oxygen atoms in total. The molecule has 2 saturated carbocycles. The van der Waals surface area contributed by atoms with Crippen molar-refractivity contribution in [1.82, 2.24) is 0 Å². The Kier molecular flexibility index (Phi) is 12.1. The lowest BCUT2D eigenvalue weighted by Crippen LogP contribution is -2.16. The smallest absolute Gasteiger partial charge is 0.159 e. The second kappa shape index (κ2) is 19.0. The first kappa shape index (κ1) is 48.3. The van der Waals surface area contributed by atoms with E-state index in [1.54, 1.807) is 0 Å². The Labute approximate surface area is 450 Å². The van der Waals surface area contributed by atoms with Gasteiger partial charge in [0.2, 0.25) is 0 Å². The van der Waals surface area contributed by atoms with Gasteiger partial charge in [-0.25, -0.2) is 0 Å². The fourth-order valence-corrected chi connectivity index (χ4v) is 14.1. The summed E-state index contributed by atoms with van der Waals surface area (Å²) in [7, 11) is 0. The van der Waals surface area contributed by atoms with E-state index in [0.717, 1.165) is 39.7 Å². The van der Waals surface area contributed by atoms with E-state index in [-0.39, 0.29) is 0 Å². The van der Waals surface area contributed by atoms with Crippen molar-refractivity contribution in [3.8, 4) is 11.1 Å². The van der Waals surface area contributed by atoms with Crippen molar-refractivity contribution in [3.63, 3.8) is 0 Å². The molecule has 1 unspecified atom stereocenters. The van der Waals surface area contributed by atoms with Gasteiger partial charge in [0.05, 0.1) is 22.7 Å². The first-order valence-corrected chi connectivity index (χ1v) is 28.6. The van der Waals surface area contributed by atoms with Crippen LogP contribution in [0.5, 0.6) is 0 Å². The molecule has 3 heteroatoms. The standard InChI is InChI=1S/C73H72N2O/c1-10-43(2)70-57(55-26-16-11-21-44(55)3)28-19-30-65(70)74(53-37-45(4)49(8)46(5)38-53)67-41-63(51-22-12-13-23-51)58-34-36-62-68(42-64(52-24-14-15-25-52)59-33-35-61(67)71(58)72(59)62)75(54-39-47(6)50(9)48(7)40-54)66-31-20-29-60-56-27-17-18-32-69(56)76-73(60)66/h11,16-21,26-43,51-52H,10,12-15,22-25H2,1-9H3. The van der Waals surface area contributed by atoms with Crippen molar-refractivity contribution in [2.24, 2.45) is 0 Å². The van der Waals surface area contributed by atoms with Crippen molar-refractivity contribution in [1.29, 1.82) is 0 Å². The molecule has 1 aromatic heterocycles. The molecular formula is C73H72N2O. The quantitative estimate of drug-likeness (QED) is 0.120. The van der Waals surface area contributed by atoms with Gasteiger partial charge in [0.15, 0.2) is 5.58 Å². The van der Waals surface area contributed by atoms with E-state index in [2.05, 4.69) is 218 Å². The van der Waals surface area contributed by atoms with Crippen molar-refractivity contribution in [2.75, 3.05) is 9.80 Å². The number of benzene rings is 10. The molecule has 1 heterocycles. The van der Waals surface area contributed by atoms with Crippen LogP contribution in [0.2, 0.25) is 0 Å². The highest BCUT2D eigenvalue weighted by molar-refractivity contribution is 6.30. The third-order valence-corrected chi connectivity index (χ3v) is 18.8. The van der Waals surface area contributed by atoms with Crippen LogP contribution >= 0.6 is 0 Å². The Morgan fingerprint density at radius 2 is 0.895 bits per heavy atom. The largest absolute Gasteiger partial charge is 0.454 e. The number of anilines is 6. The minimum Gasteiger partial charge on any atom is -0.454 e. The highest BCUT2D eigenvalue weighted by atomic mass is 16.3. The van der Waals surface area contributed by atoms with Crippen LogP contribution in [0.3, 0.4) is 0 Å². The summed E-state index contributed by atoms with van der Waals surface area (Å²) in [5.74, 6) is 1.26.